The topological polar surface area (TPSA) is 78.1 Å². The molecule has 0 atom stereocenters. The molecule has 7 heteroatoms. The van der Waals surface area contributed by atoms with Gasteiger partial charge in [0, 0.05) is 37.2 Å². The van der Waals surface area contributed by atoms with Gasteiger partial charge in [-0.05, 0) is 13.8 Å². The monoisotopic (exact) mass is 423 g/mol. The van der Waals surface area contributed by atoms with Crippen molar-refractivity contribution in [2.24, 2.45) is 10.7 Å². The summed E-state index contributed by atoms with van der Waals surface area (Å²) >= 11 is 0. The molecule has 0 fully saturated rings. The molecule has 126 valence electrons. The summed E-state index contributed by atoms with van der Waals surface area (Å²) in [5.74, 6) is 2.58. The summed E-state index contributed by atoms with van der Waals surface area (Å²) in [5, 5.41) is 3.04. The van der Waals surface area contributed by atoms with Crippen LogP contribution in [-0.4, -0.2) is 39.4 Å². The highest BCUT2D eigenvalue weighted by molar-refractivity contribution is 14.0. The van der Waals surface area contributed by atoms with Crippen LogP contribution in [0, 0.1) is 0 Å². The summed E-state index contributed by atoms with van der Waals surface area (Å²) < 4.78 is 16.0. The van der Waals surface area contributed by atoms with E-state index < -0.39 is 0 Å². The van der Waals surface area contributed by atoms with E-state index in [9.17, 15) is 0 Å². The smallest absolute Gasteiger partial charge is 0.188 e. The molecule has 0 heterocycles. The van der Waals surface area contributed by atoms with E-state index in [2.05, 4.69) is 10.3 Å². The van der Waals surface area contributed by atoms with Gasteiger partial charge in [-0.3, -0.25) is 4.99 Å². The van der Waals surface area contributed by atoms with Gasteiger partial charge in [-0.15, -0.1) is 24.0 Å². The maximum atomic E-state index is 5.71. The zero-order chi connectivity index (χ0) is 15.7. The van der Waals surface area contributed by atoms with Crippen molar-refractivity contribution in [3.63, 3.8) is 0 Å². The maximum Gasteiger partial charge on any atom is 0.188 e. The Morgan fingerprint density at radius 1 is 1.14 bits per heavy atom. The number of nitrogens with zero attached hydrogens (tertiary/aromatic N) is 1. The zero-order valence-corrected chi connectivity index (χ0v) is 15.9. The standard InChI is InChI=1S/C15H25N3O3.HI/c1-11(2)18-15(16)17-6-5-7-21-14-9-12(19-3)8-13(10-14)20-4;/h8-11H,5-7H2,1-4H3,(H3,16,17,18);1H. The molecule has 1 aromatic carbocycles. The highest BCUT2D eigenvalue weighted by Gasteiger charge is 2.02. The SMILES string of the molecule is COc1cc(OC)cc(OCCCN=C(N)NC(C)C)c1.I. The number of nitrogens with one attached hydrogen (secondary N) is 1. The van der Waals surface area contributed by atoms with Gasteiger partial charge in [-0.2, -0.15) is 0 Å². The normalized spacial score (nSPS) is 10.9. The highest BCUT2D eigenvalue weighted by Crippen LogP contribution is 2.27. The molecule has 0 aliphatic carbocycles. The fraction of sp³-hybridized carbons (Fsp3) is 0.533. The Balaban J connectivity index is 0.00000441. The summed E-state index contributed by atoms with van der Waals surface area (Å²) in [6.45, 7) is 5.20. The number of ether oxygens (including phenoxy) is 3. The third-order valence-electron chi connectivity index (χ3n) is 2.61. The molecule has 0 spiro atoms. The van der Waals surface area contributed by atoms with Crippen LogP contribution in [-0.2, 0) is 0 Å². The van der Waals surface area contributed by atoms with Crippen molar-refractivity contribution in [3.8, 4) is 17.2 Å². The first-order valence-electron chi connectivity index (χ1n) is 6.97. The second-order valence-corrected chi connectivity index (χ2v) is 4.82. The van der Waals surface area contributed by atoms with Crippen molar-refractivity contribution < 1.29 is 14.2 Å². The third-order valence-corrected chi connectivity index (χ3v) is 2.61. The predicted molar refractivity (Wildman–Crippen MR) is 99.8 cm³/mol. The van der Waals surface area contributed by atoms with Gasteiger partial charge in [-0.1, -0.05) is 0 Å². The number of halogens is 1. The minimum absolute atomic E-state index is 0. The van der Waals surface area contributed by atoms with E-state index in [-0.39, 0.29) is 30.0 Å². The van der Waals surface area contributed by atoms with Gasteiger partial charge in [0.2, 0.25) is 0 Å². The van der Waals surface area contributed by atoms with Crippen LogP contribution in [0.25, 0.3) is 0 Å². The first-order valence-corrected chi connectivity index (χ1v) is 6.97. The fourth-order valence-corrected chi connectivity index (χ4v) is 1.66. The number of hydrogen-bond donors (Lipinski definition) is 2. The Bertz CT molecular complexity index is 445. The third kappa shape index (κ3) is 8.16. The molecule has 0 aliphatic rings. The number of benzene rings is 1. The highest BCUT2D eigenvalue weighted by atomic mass is 127. The molecule has 0 amide bonds. The van der Waals surface area contributed by atoms with E-state index in [1.165, 1.54) is 0 Å². The van der Waals surface area contributed by atoms with Gasteiger partial charge in [0.05, 0.1) is 20.8 Å². The summed E-state index contributed by atoms with van der Waals surface area (Å²) in [6.07, 6.45) is 0.778. The first kappa shape index (κ1) is 20.6. The minimum atomic E-state index is 0. The molecule has 0 radical (unpaired) electrons. The van der Waals surface area contributed by atoms with Crippen LogP contribution in [0.5, 0.6) is 17.2 Å². The largest absolute Gasteiger partial charge is 0.496 e. The van der Waals surface area contributed by atoms with Crippen LogP contribution >= 0.6 is 24.0 Å². The first-order chi connectivity index (χ1) is 10.0. The summed E-state index contributed by atoms with van der Waals surface area (Å²) in [6, 6.07) is 5.73. The van der Waals surface area contributed by atoms with Crippen molar-refractivity contribution in [1.29, 1.82) is 0 Å². The van der Waals surface area contributed by atoms with Crippen molar-refractivity contribution in [3.05, 3.63) is 18.2 Å². The lowest BCUT2D eigenvalue weighted by atomic mass is 10.3. The van der Waals surface area contributed by atoms with Gasteiger partial charge >= 0.3 is 0 Å². The van der Waals surface area contributed by atoms with Crippen LogP contribution in [0.1, 0.15) is 20.3 Å². The van der Waals surface area contributed by atoms with Crippen molar-refractivity contribution >= 4 is 29.9 Å². The van der Waals surface area contributed by atoms with E-state index in [1.54, 1.807) is 20.3 Å². The Morgan fingerprint density at radius 2 is 1.68 bits per heavy atom. The van der Waals surface area contributed by atoms with Gasteiger partial charge < -0.3 is 25.3 Å². The lowest BCUT2D eigenvalue weighted by Crippen LogP contribution is -2.36. The minimum Gasteiger partial charge on any atom is -0.496 e. The van der Waals surface area contributed by atoms with E-state index >= 15 is 0 Å². The number of methoxy groups -OCH3 is 2. The average molecular weight is 423 g/mol. The Hall–Kier alpha value is -1.38. The van der Waals surface area contributed by atoms with E-state index in [4.69, 9.17) is 19.9 Å². The molecule has 1 aromatic rings. The quantitative estimate of drug-likeness (QED) is 0.291. The molecule has 0 saturated heterocycles. The number of aliphatic imine (C=N–C) groups is 1. The Labute approximate surface area is 149 Å². The molecule has 1 rings (SSSR count). The number of guanidine groups is 1. The number of nitrogens with two attached hydrogens (primary N) is 1. The molecule has 0 saturated carbocycles. The number of rotatable bonds is 8. The predicted octanol–water partition coefficient (Wildman–Crippen LogP) is 2.40. The van der Waals surface area contributed by atoms with Crippen molar-refractivity contribution in [2.45, 2.75) is 26.3 Å². The second kappa shape index (κ2) is 11.2. The molecule has 0 unspecified atom stereocenters. The molecular formula is C15H26IN3O3. The molecule has 0 aliphatic heterocycles. The van der Waals surface area contributed by atoms with Gasteiger partial charge in [-0.25, -0.2) is 0 Å². The van der Waals surface area contributed by atoms with Gasteiger partial charge in [0.15, 0.2) is 5.96 Å². The number of hydrogen-bond acceptors (Lipinski definition) is 4. The lowest BCUT2D eigenvalue weighted by molar-refractivity contribution is 0.307. The van der Waals surface area contributed by atoms with E-state index in [0.717, 1.165) is 6.42 Å². The molecule has 6 nitrogen and oxygen atoms in total. The summed E-state index contributed by atoms with van der Waals surface area (Å²) in [4.78, 5) is 4.22. The lowest BCUT2D eigenvalue weighted by Gasteiger charge is -2.10. The van der Waals surface area contributed by atoms with Gasteiger partial charge in [0.1, 0.15) is 17.2 Å². The van der Waals surface area contributed by atoms with Crippen molar-refractivity contribution in [1.82, 2.24) is 5.32 Å². The zero-order valence-electron chi connectivity index (χ0n) is 13.6. The molecule has 0 bridgehead atoms. The summed E-state index contributed by atoms with van der Waals surface area (Å²) in [7, 11) is 3.22. The molecular weight excluding hydrogens is 397 g/mol. The van der Waals surface area contributed by atoms with Gasteiger partial charge in [0.25, 0.3) is 0 Å². The molecule has 3 N–H and O–H groups in total. The fourth-order valence-electron chi connectivity index (χ4n) is 1.66. The van der Waals surface area contributed by atoms with E-state index in [1.807, 2.05) is 26.0 Å². The van der Waals surface area contributed by atoms with Crippen LogP contribution in [0.4, 0.5) is 0 Å². The average Bonchev–Trinajstić information content (AvgIpc) is 2.45. The Kier molecular flexibility index (Phi) is 10.5. The van der Waals surface area contributed by atoms with Crippen molar-refractivity contribution in [2.75, 3.05) is 27.4 Å². The molecule has 22 heavy (non-hydrogen) atoms. The second-order valence-electron chi connectivity index (χ2n) is 4.82. The Morgan fingerprint density at radius 3 is 2.18 bits per heavy atom. The maximum absolute atomic E-state index is 5.71. The van der Waals surface area contributed by atoms with Crippen LogP contribution in [0.2, 0.25) is 0 Å². The van der Waals surface area contributed by atoms with E-state index in [0.29, 0.717) is 36.4 Å². The molecule has 0 aromatic heterocycles. The van der Waals surface area contributed by atoms with Crippen LogP contribution < -0.4 is 25.3 Å². The van der Waals surface area contributed by atoms with Crippen LogP contribution in [0.3, 0.4) is 0 Å². The van der Waals surface area contributed by atoms with Crippen LogP contribution in [0.15, 0.2) is 23.2 Å². The summed E-state index contributed by atoms with van der Waals surface area (Å²) in [5.41, 5.74) is 5.71.